The van der Waals surface area contributed by atoms with Crippen molar-refractivity contribution in [3.8, 4) is 0 Å². The Morgan fingerprint density at radius 3 is 2.62 bits per heavy atom. The molecule has 3 nitrogen and oxygen atoms in total. The van der Waals surface area contributed by atoms with Crippen LogP contribution >= 0.6 is 22.6 Å². The van der Waals surface area contributed by atoms with Gasteiger partial charge < -0.3 is 9.47 Å². The number of hydrogen-bond donors (Lipinski definition) is 0. The quantitative estimate of drug-likeness (QED) is 0.537. The lowest BCUT2D eigenvalue weighted by molar-refractivity contribution is -0.0262. The van der Waals surface area contributed by atoms with Crippen molar-refractivity contribution in [1.29, 1.82) is 0 Å². The normalized spacial score (nSPS) is 33.5. The Morgan fingerprint density at radius 2 is 1.92 bits per heavy atom. The molecule has 0 aliphatic carbocycles. The zero-order valence-electron chi connectivity index (χ0n) is 7.75. The second-order valence-corrected chi connectivity index (χ2v) is 5.01. The Hall–Kier alpha value is 0.610. The molecule has 0 saturated carbocycles. The van der Waals surface area contributed by atoms with E-state index in [0.717, 1.165) is 39.0 Å². The Bertz CT molecular complexity index is 162. The van der Waals surface area contributed by atoms with Crippen molar-refractivity contribution in [3.05, 3.63) is 0 Å². The maximum absolute atomic E-state index is 5.51. The third-order valence-corrected chi connectivity index (χ3v) is 3.52. The van der Waals surface area contributed by atoms with Crippen molar-refractivity contribution in [2.24, 2.45) is 0 Å². The number of alkyl halides is 1. The molecule has 76 valence electrons. The molecule has 2 aliphatic rings. The van der Waals surface area contributed by atoms with Crippen molar-refractivity contribution in [2.75, 3.05) is 32.9 Å². The van der Waals surface area contributed by atoms with Crippen molar-refractivity contribution in [3.63, 3.8) is 0 Å². The fraction of sp³-hybridized carbons (Fsp3) is 1.00. The van der Waals surface area contributed by atoms with E-state index in [9.17, 15) is 0 Å². The van der Waals surface area contributed by atoms with Crippen LogP contribution in [0.4, 0.5) is 0 Å². The van der Waals surface area contributed by atoms with E-state index in [4.69, 9.17) is 9.47 Å². The molecule has 0 amide bonds. The largest absolute Gasteiger partial charge is 0.381 e. The Labute approximate surface area is 92.9 Å². The summed E-state index contributed by atoms with van der Waals surface area (Å²) in [5, 5.41) is 0. The van der Waals surface area contributed by atoms with Crippen LogP contribution in [0.3, 0.4) is 0 Å². The van der Waals surface area contributed by atoms with Gasteiger partial charge in [0.1, 0.15) is 4.11 Å². The van der Waals surface area contributed by atoms with Crippen LogP contribution in [0.5, 0.6) is 0 Å². The van der Waals surface area contributed by atoms with Crippen LogP contribution in [-0.4, -0.2) is 48.0 Å². The minimum Gasteiger partial charge on any atom is -0.381 e. The van der Waals surface area contributed by atoms with Crippen LogP contribution in [-0.2, 0) is 9.47 Å². The Morgan fingerprint density at radius 1 is 1.15 bits per heavy atom. The van der Waals surface area contributed by atoms with Gasteiger partial charge in [0.25, 0.3) is 0 Å². The highest BCUT2D eigenvalue weighted by atomic mass is 127. The van der Waals surface area contributed by atoms with Crippen LogP contribution in [0.1, 0.15) is 12.8 Å². The molecule has 2 heterocycles. The zero-order chi connectivity index (χ0) is 9.10. The van der Waals surface area contributed by atoms with Gasteiger partial charge >= 0.3 is 0 Å². The minimum absolute atomic E-state index is 0.384. The van der Waals surface area contributed by atoms with Gasteiger partial charge in [-0.3, -0.25) is 4.90 Å². The molecule has 2 saturated heterocycles. The van der Waals surface area contributed by atoms with Gasteiger partial charge in [0.05, 0.1) is 6.61 Å². The van der Waals surface area contributed by atoms with Crippen LogP contribution in [0, 0.1) is 0 Å². The summed E-state index contributed by atoms with van der Waals surface area (Å²) < 4.78 is 11.3. The highest BCUT2D eigenvalue weighted by Gasteiger charge is 2.26. The molecular formula is C9H16INO2. The second-order valence-electron chi connectivity index (χ2n) is 3.62. The number of ether oxygens (including phenoxy) is 2. The van der Waals surface area contributed by atoms with Crippen LogP contribution < -0.4 is 0 Å². The summed E-state index contributed by atoms with van der Waals surface area (Å²) >= 11 is 2.37. The van der Waals surface area contributed by atoms with Crippen LogP contribution in [0.25, 0.3) is 0 Å². The molecule has 1 atom stereocenters. The van der Waals surface area contributed by atoms with E-state index in [1.165, 1.54) is 12.8 Å². The topological polar surface area (TPSA) is 21.7 Å². The standard InChI is InChI=1S/C9H16INO2/c10-9-7-11(3-6-13-9)8-1-4-12-5-2-8/h8-9H,1-7H2. The van der Waals surface area contributed by atoms with E-state index in [1.807, 2.05) is 0 Å². The maximum Gasteiger partial charge on any atom is 0.121 e. The summed E-state index contributed by atoms with van der Waals surface area (Å²) in [7, 11) is 0. The maximum atomic E-state index is 5.51. The zero-order valence-corrected chi connectivity index (χ0v) is 9.90. The van der Waals surface area contributed by atoms with Gasteiger partial charge in [0, 0.05) is 32.3 Å². The lowest BCUT2D eigenvalue weighted by Crippen LogP contribution is -2.47. The molecular weight excluding hydrogens is 281 g/mol. The third-order valence-electron chi connectivity index (χ3n) is 2.76. The Balaban J connectivity index is 1.83. The van der Waals surface area contributed by atoms with Gasteiger partial charge in [-0.2, -0.15) is 0 Å². The van der Waals surface area contributed by atoms with Gasteiger partial charge in [0.15, 0.2) is 0 Å². The fourth-order valence-corrected chi connectivity index (χ4v) is 2.77. The van der Waals surface area contributed by atoms with Crippen molar-refractivity contribution in [1.82, 2.24) is 4.90 Å². The molecule has 2 aliphatic heterocycles. The number of halogens is 1. The summed E-state index contributed by atoms with van der Waals surface area (Å²) in [4.78, 5) is 2.56. The van der Waals surface area contributed by atoms with Crippen molar-refractivity contribution in [2.45, 2.75) is 23.0 Å². The first kappa shape index (κ1) is 10.1. The van der Waals surface area contributed by atoms with Gasteiger partial charge in [-0.05, 0) is 35.4 Å². The van der Waals surface area contributed by atoms with Gasteiger partial charge in [0.2, 0.25) is 0 Å². The van der Waals surface area contributed by atoms with E-state index >= 15 is 0 Å². The number of nitrogens with zero attached hydrogens (tertiary/aromatic N) is 1. The fourth-order valence-electron chi connectivity index (χ4n) is 2.01. The SMILES string of the molecule is IC1CN(C2CCOCC2)CCO1. The lowest BCUT2D eigenvalue weighted by atomic mass is 10.1. The predicted molar refractivity (Wildman–Crippen MR) is 59.2 cm³/mol. The molecule has 2 fully saturated rings. The first-order chi connectivity index (χ1) is 6.36. The lowest BCUT2D eigenvalue weighted by Gasteiger charge is -2.38. The molecule has 4 heteroatoms. The van der Waals surface area contributed by atoms with Crippen LogP contribution in [0.15, 0.2) is 0 Å². The summed E-state index contributed by atoms with van der Waals surface area (Å²) in [5.74, 6) is 0. The van der Waals surface area contributed by atoms with Crippen molar-refractivity contribution >= 4 is 22.6 Å². The van der Waals surface area contributed by atoms with Crippen LogP contribution in [0.2, 0.25) is 0 Å². The molecule has 0 bridgehead atoms. The predicted octanol–water partition coefficient (Wildman–Crippen LogP) is 1.26. The van der Waals surface area contributed by atoms with E-state index in [1.54, 1.807) is 0 Å². The minimum atomic E-state index is 0.384. The third kappa shape index (κ3) is 2.78. The summed E-state index contributed by atoms with van der Waals surface area (Å²) in [6.07, 6.45) is 2.40. The van der Waals surface area contributed by atoms with Gasteiger partial charge in [-0.25, -0.2) is 0 Å². The first-order valence-corrected chi connectivity index (χ1v) is 6.18. The highest BCUT2D eigenvalue weighted by Crippen LogP contribution is 2.19. The molecule has 1 unspecified atom stereocenters. The smallest absolute Gasteiger partial charge is 0.121 e. The summed E-state index contributed by atoms with van der Waals surface area (Å²) in [5.41, 5.74) is 0. The Kier molecular flexibility index (Phi) is 3.83. The highest BCUT2D eigenvalue weighted by molar-refractivity contribution is 14.1. The average molecular weight is 297 g/mol. The van der Waals surface area contributed by atoms with E-state index < -0.39 is 0 Å². The van der Waals surface area contributed by atoms with E-state index in [2.05, 4.69) is 27.5 Å². The monoisotopic (exact) mass is 297 g/mol. The van der Waals surface area contributed by atoms with E-state index in [-0.39, 0.29) is 0 Å². The molecule has 0 aromatic carbocycles. The summed E-state index contributed by atoms with van der Waals surface area (Å²) in [6.45, 7) is 4.96. The average Bonchev–Trinajstić information content (AvgIpc) is 2.19. The van der Waals surface area contributed by atoms with Crippen molar-refractivity contribution < 1.29 is 9.47 Å². The number of morpholine rings is 1. The van der Waals surface area contributed by atoms with Gasteiger partial charge in [-0.1, -0.05) is 0 Å². The number of rotatable bonds is 1. The van der Waals surface area contributed by atoms with E-state index in [0.29, 0.717) is 4.11 Å². The van der Waals surface area contributed by atoms with Gasteiger partial charge in [-0.15, -0.1) is 0 Å². The molecule has 2 rings (SSSR count). The molecule has 0 aromatic heterocycles. The first-order valence-electron chi connectivity index (χ1n) is 4.94. The second kappa shape index (κ2) is 4.91. The molecule has 13 heavy (non-hydrogen) atoms. The molecule has 0 N–H and O–H groups in total. The number of hydrogen-bond acceptors (Lipinski definition) is 3. The molecule has 0 aromatic rings. The summed E-state index contributed by atoms with van der Waals surface area (Å²) in [6, 6.07) is 0.745. The molecule has 0 radical (unpaired) electrons. The molecule has 0 spiro atoms.